The first kappa shape index (κ1) is 4.60. The number of hydrogen-bond donors (Lipinski definition) is 0. The Hall–Kier alpha value is -0.560. The van der Waals surface area contributed by atoms with Crippen molar-refractivity contribution in [2.45, 2.75) is 0 Å². The lowest BCUT2D eigenvalue weighted by Crippen LogP contribution is -1.67. The van der Waals surface area contributed by atoms with Crippen molar-refractivity contribution in [2.24, 2.45) is 0 Å². The Kier molecular flexibility index (Phi) is 1.27. The van der Waals surface area contributed by atoms with Gasteiger partial charge in [-0.05, 0) is 12.1 Å². The Labute approximate surface area is 47.0 Å². The van der Waals surface area contributed by atoms with Crippen LogP contribution in [0.1, 0.15) is 0 Å². The fraction of sp³-hybridized carbons (Fsp3) is 0. The summed E-state index contributed by atoms with van der Waals surface area (Å²) >= 11 is 5.38. The van der Waals surface area contributed by atoms with Crippen LogP contribution in [0.5, 0.6) is 0 Å². The van der Waals surface area contributed by atoms with Crippen LogP contribution in [0.2, 0.25) is 5.15 Å². The van der Waals surface area contributed by atoms with E-state index < -0.39 is 0 Å². The van der Waals surface area contributed by atoms with Crippen LogP contribution < -0.4 is 0 Å². The standard InChI is InChI=1S/C5H2ClN/c6-5-3-1-2-4-7-5/h1,3H. The molecule has 0 aromatic carbocycles. The summed E-state index contributed by atoms with van der Waals surface area (Å²) in [6.07, 6.45) is 2.45. The SMILES string of the molecule is Clc1cc[c][c]n1. The number of aromatic nitrogens is 1. The molecule has 1 aromatic rings. The lowest BCUT2D eigenvalue weighted by molar-refractivity contribution is 1.31. The summed E-state index contributed by atoms with van der Waals surface area (Å²) in [6.45, 7) is 0. The van der Waals surface area contributed by atoms with Crippen LogP contribution in [-0.2, 0) is 0 Å². The molecule has 0 N–H and O–H groups in total. The molecule has 1 heterocycles. The second-order valence-electron chi connectivity index (χ2n) is 1.02. The van der Waals surface area contributed by atoms with Gasteiger partial charge < -0.3 is 0 Å². The van der Waals surface area contributed by atoms with Crippen LogP contribution in [0, 0.1) is 12.3 Å². The van der Waals surface area contributed by atoms with Crippen molar-refractivity contribution in [3.63, 3.8) is 0 Å². The van der Waals surface area contributed by atoms with E-state index in [0.29, 0.717) is 5.15 Å². The molecule has 1 aromatic heterocycles. The van der Waals surface area contributed by atoms with E-state index >= 15 is 0 Å². The number of hydrogen-bond acceptors (Lipinski definition) is 1. The number of pyridine rings is 1. The second-order valence-corrected chi connectivity index (χ2v) is 1.41. The van der Waals surface area contributed by atoms with Crippen LogP contribution in [0.4, 0.5) is 0 Å². The highest BCUT2D eigenvalue weighted by Crippen LogP contribution is 1.97. The van der Waals surface area contributed by atoms with E-state index in [-0.39, 0.29) is 0 Å². The predicted molar refractivity (Wildman–Crippen MR) is 26.9 cm³/mol. The normalized spacial score (nSPS) is 8.71. The molecule has 0 amide bonds. The molecule has 0 spiro atoms. The van der Waals surface area contributed by atoms with Crippen LogP contribution in [0.3, 0.4) is 0 Å². The van der Waals surface area contributed by atoms with Crippen molar-refractivity contribution in [2.75, 3.05) is 0 Å². The topological polar surface area (TPSA) is 12.9 Å². The molecule has 1 nitrogen and oxygen atoms in total. The average molecular weight is 112 g/mol. The van der Waals surface area contributed by atoms with E-state index in [1.807, 2.05) is 0 Å². The lowest BCUT2D eigenvalue weighted by atomic mass is 10.5. The fourth-order valence-electron chi connectivity index (χ4n) is 0.271. The second kappa shape index (κ2) is 1.94. The molecule has 1 rings (SSSR count). The molecule has 7 heavy (non-hydrogen) atoms. The number of rotatable bonds is 0. The molecule has 0 aliphatic carbocycles. The Balaban J connectivity index is 3.02. The van der Waals surface area contributed by atoms with Crippen molar-refractivity contribution in [3.8, 4) is 0 Å². The van der Waals surface area contributed by atoms with Gasteiger partial charge in [-0.2, -0.15) is 0 Å². The predicted octanol–water partition coefficient (Wildman–Crippen LogP) is 1.34. The lowest BCUT2D eigenvalue weighted by Gasteiger charge is -1.77. The molecule has 34 valence electrons. The number of halogens is 1. The highest BCUT2D eigenvalue weighted by atomic mass is 35.5. The molecule has 0 fully saturated rings. The highest BCUT2D eigenvalue weighted by Gasteiger charge is 1.77. The molecule has 2 heteroatoms. The highest BCUT2D eigenvalue weighted by molar-refractivity contribution is 6.29. The fourth-order valence-corrected chi connectivity index (χ4v) is 0.376. The zero-order valence-electron chi connectivity index (χ0n) is 3.48. The Bertz CT molecular complexity index is 138. The number of nitrogens with zero attached hydrogens (tertiary/aromatic N) is 1. The smallest absolute Gasteiger partial charge is 0.129 e. The van der Waals surface area contributed by atoms with E-state index in [1.165, 1.54) is 0 Å². The maximum atomic E-state index is 5.38. The van der Waals surface area contributed by atoms with Gasteiger partial charge in [-0.15, -0.1) is 0 Å². The van der Waals surface area contributed by atoms with Gasteiger partial charge in [-0.25, -0.2) is 4.98 Å². The maximum absolute atomic E-state index is 5.38. The van der Waals surface area contributed by atoms with E-state index in [1.54, 1.807) is 12.1 Å². The van der Waals surface area contributed by atoms with Crippen LogP contribution in [0.15, 0.2) is 12.1 Å². The first-order valence-electron chi connectivity index (χ1n) is 1.80. The first-order valence-corrected chi connectivity index (χ1v) is 2.17. The Morgan fingerprint density at radius 3 is 2.86 bits per heavy atom. The van der Waals surface area contributed by atoms with E-state index in [0.717, 1.165) is 0 Å². The Morgan fingerprint density at radius 1 is 1.71 bits per heavy atom. The third-order valence-electron chi connectivity index (χ3n) is 0.531. The molecule has 0 saturated heterocycles. The van der Waals surface area contributed by atoms with Crippen molar-refractivity contribution < 1.29 is 0 Å². The summed E-state index contributed by atoms with van der Waals surface area (Å²) in [5.74, 6) is 0. The molecular formula is C5H2ClN. The molecule has 0 atom stereocenters. The van der Waals surface area contributed by atoms with Gasteiger partial charge >= 0.3 is 0 Å². The van der Waals surface area contributed by atoms with E-state index in [9.17, 15) is 0 Å². The van der Waals surface area contributed by atoms with E-state index in [4.69, 9.17) is 11.6 Å². The summed E-state index contributed by atoms with van der Waals surface area (Å²) in [7, 11) is 0. The van der Waals surface area contributed by atoms with Gasteiger partial charge in [0.1, 0.15) is 5.15 Å². The van der Waals surface area contributed by atoms with Gasteiger partial charge in [0.15, 0.2) is 0 Å². The van der Waals surface area contributed by atoms with Crippen molar-refractivity contribution in [3.05, 3.63) is 29.5 Å². The van der Waals surface area contributed by atoms with Gasteiger partial charge in [0.2, 0.25) is 0 Å². The van der Waals surface area contributed by atoms with Gasteiger partial charge in [0, 0.05) is 6.07 Å². The molecule has 0 saturated carbocycles. The zero-order chi connectivity index (χ0) is 5.11. The largest absolute Gasteiger partial charge is 0.234 e. The minimum atomic E-state index is 0.457. The maximum Gasteiger partial charge on any atom is 0.129 e. The molecule has 0 unspecified atom stereocenters. The average Bonchev–Trinajstić information content (AvgIpc) is 1.69. The quantitative estimate of drug-likeness (QED) is 0.461. The first-order chi connectivity index (χ1) is 3.39. The van der Waals surface area contributed by atoms with Crippen LogP contribution in [-0.4, -0.2) is 4.98 Å². The van der Waals surface area contributed by atoms with Gasteiger partial charge in [-0.1, -0.05) is 11.6 Å². The molecule has 0 aliphatic heterocycles. The monoisotopic (exact) mass is 111 g/mol. The summed E-state index contributed by atoms with van der Waals surface area (Å²) in [5.41, 5.74) is 0. The van der Waals surface area contributed by atoms with Gasteiger partial charge in [-0.3, -0.25) is 0 Å². The summed E-state index contributed by atoms with van der Waals surface area (Å²) in [6, 6.07) is 5.93. The summed E-state index contributed by atoms with van der Waals surface area (Å²) in [4.78, 5) is 3.56. The van der Waals surface area contributed by atoms with Crippen molar-refractivity contribution in [1.82, 2.24) is 4.98 Å². The van der Waals surface area contributed by atoms with Crippen molar-refractivity contribution >= 4 is 11.6 Å². The zero-order valence-corrected chi connectivity index (χ0v) is 4.24. The minimum absolute atomic E-state index is 0.457. The van der Waals surface area contributed by atoms with Crippen LogP contribution in [0.25, 0.3) is 0 Å². The third-order valence-corrected chi connectivity index (χ3v) is 0.742. The summed E-state index contributed by atoms with van der Waals surface area (Å²) in [5, 5.41) is 0.457. The Morgan fingerprint density at radius 2 is 2.57 bits per heavy atom. The van der Waals surface area contributed by atoms with E-state index in [2.05, 4.69) is 17.2 Å². The molecule has 0 aliphatic rings. The van der Waals surface area contributed by atoms with Crippen molar-refractivity contribution in [1.29, 1.82) is 0 Å². The van der Waals surface area contributed by atoms with Gasteiger partial charge in [0.25, 0.3) is 0 Å². The summed E-state index contributed by atoms with van der Waals surface area (Å²) < 4.78 is 0. The molecular weight excluding hydrogens is 110 g/mol. The molecule has 0 bridgehead atoms. The molecule has 2 radical (unpaired) electrons. The minimum Gasteiger partial charge on any atom is -0.234 e. The van der Waals surface area contributed by atoms with Crippen LogP contribution >= 0.6 is 11.6 Å². The van der Waals surface area contributed by atoms with Gasteiger partial charge in [0.05, 0.1) is 6.20 Å². The third kappa shape index (κ3) is 1.16.